The first-order chi connectivity index (χ1) is 8.35. The van der Waals surface area contributed by atoms with Crippen LogP contribution in [0, 0.1) is 0 Å². The number of ether oxygens (including phenoxy) is 1. The Morgan fingerprint density at radius 1 is 1.28 bits per heavy atom. The summed E-state index contributed by atoms with van der Waals surface area (Å²) >= 11 is 0. The summed E-state index contributed by atoms with van der Waals surface area (Å²) in [6.07, 6.45) is 0.806. The predicted molar refractivity (Wildman–Crippen MR) is 75.3 cm³/mol. The van der Waals surface area contributed by atoms with Crippen LogP contribution in [0.5, 0.6) is 0 Å². The van der Waals surface area contributed by atoms with E-state index in [4.69, 9.17) is 4.74 Å². The summed E-state index contributed by atoms with van der Waals surface area (Å²) < 4.78 is 31.0. The molecule has 0 bridgehead atoms. The summed E-state index contributed by atoms with van der Waals surface area (Å²) in [7, 11) is -1.63. The van der Waals surface area contributed by atoms with Crippen molar-refractivity contribution in [3.8, 4) is 0 Å². The minimum Gasteiger partial charge on any atom is -0.383 e. The molecule has 0 spiro atoms. The normalized spacial score (nSPS) is 14.4. The van der Waals surface area contributed by atoms with Gasteiger partial charge in [-0.1, -0.05) is 20.8 Å². The number of hydrogen-bond donors (Lipinski definition) is 1. The Morgan fingerprint density at radius 3 is 2.33 bits per heavy atom. The molecule has 0 aliphatic rings. The molecule has 0 saturated carbocycles. The molecule has 0 heterocycles. The quantitative estimate of drug-likeness (QED) is 0.650. The first-order valence-electron chi connectivity index (χ1n) is 6.57. The Kier molecular flexibility index (Phi) is 8.77. The Bertz CT molecular complexity index is 304. The summed E-state index contributed by atoms with van der Waals surface area (Å²) in [6, 6.07) is 0.320. The van der Waals surface area contributed by atoms with Crippen molar-refractivity contribution in [3.05, 3.63) is 0 Å². The van der Waals surface area contributed by atoms with Crippen molar-refractivity contribution in [3.63, 3.8) is 0 Å². The van der Waals surface area contributed by atoms with Crippen LogP contribution in [-0.4, -0.2) is 57.4 Å². The van der Waals surface area contributed by atoms with E-state index in [0.717, 1.165) is 6.42 Å². The molecule has 18 heavy (non-hydrogen) atoms. The molecule has 0 radical (unpaired) electrons. The van der Waals surface area contributed by atoms with E-state index < -0.39 is 10.0 Å². The van der Waals surface area contributed by atoms with E-state index in [0.29, 0.717) is 25.7 Å². The van der Waals surface area contributed by atoms with Crippen LogP contribution >= 0.6 is 0 Å². The van der Waals surface area contributed by atoms with Crippen LogP contribution in [0.25, 0.3) is 0 Å². The molecule has 6 heteroatoms. The van der Waals surface area contributed by atoms with Crippen LogP contribution in [0.15, 0.2) is 0 Å². The molecule has 0 aromatic heterocycles. The monoisotopic (exact) mass is 280 g/mol. The zero-order valence-electron chi connectivity index (χ0n) is 12.3. The topological polar surface area (TPSA) is 58.6 Å². The van der Waals surface area contributed by atoms with Gasteiger partial charge in [0.15, 0.2) is 0 Å². The van der Waals surface area contributed by atoms with Gasteiger partial charge in [0.05, 0.1) is 12.4 Å². The summed E-state index contributed by atoms with van der Waals surface area (Å²) in [5.41, 5.74) is 0. The van der Waals surface area contributed by atoms with E-state index >= 15 is 0 Å². The van der Waals surface area contributed by atoms with Crippen molar-refractivity contribution in [1.29, 1.82) is 0 Å². The molecule has 0 fully saturated rings. The molecule has 0 saturated heterocycles. The highest BCUT2D eigenvalue weighted by Crippen LogP contribution is 2.10. The third-order valence-electron chi connectivity index (χ3n) is 2.87. The Labute approximate surface area is 112 Å². The third kappa shape index (κ3) is 6.68. The van der Waals surface area contributed by atoms with Crippen molar-refractivity contribution in [2.24, 2.45) is 0 Å². The second-order valence-electron chi connectivity index (χ2n) is 4.79. The van der Waals surface area contributed by atoms with Gasteiger partial charge in [-0.15, -0.1) is 0 Å². The number of nitrogens with zero attached hydrogens (tertiary/aromatic N) is 1. The number of sulfonamides is 1. The largest absolute Gasteiger partial charge is 0.383 e. The molecule has 0 amide bonds. The highest BCUT2D eigenvalue weighted by Gasteiger charge is 2.25. The average Bonchev–Trinajstić information content (AvgIpc) is 2.27. The number of rotatable bonds is 10. The maximum atomic E-state index is 12.2. The van der Waals surface area contributed by atoms with Crippen molar-refractivity contribution < 1.29 is 13.2 Å². The van der Waals surface area contributed by atoms with Gasteiger partial charge in [-0.25, -0.2) is 8.42 Å². The molecule has 0 aromatic carbocycles. The van der Waals surface area contributed by atoms with E-state index in [1.165, 1.54) is 0 Å². The van der Waals surface area contributed by atoms with Crippen LogP contribution in [0.4, 0.5) is 0 Å². The van der Waals surface area contributed by atoms with Gasteiger partial charge in [0.2, 0.25) is 10.0 Å². The average molecular weight is 280 g/mol. The lowest BCUT2D eigenvalue weighted by Crippen LogP contribution is -2.43. The fourth-order valence-electron chi connectivity index (χ4n) is 1.61. The van der Waals surface area contributed by atoms with Gasteiger partial charge < -0.3 is 10.1 Å². The van der Waals surface area contributed by atoms with Gasteiger partial charge in [0.1, 0.15) is 0 Å². The van der Waals surface area contributed by atoms with Crippen molar-refractivity contribution in [1.82, 2.24) is 9.62 Å². The Hall–Kier alpha value is -0.170. The molecule has 1 N–H and O–H groups in total. The second kappa shape index (κ2) is 8.85. The smallest absolute Gasteiger partial charge is 0.215 e. The molecule has 0 aliphatic heterocycles. The van der Waals surface area contributed by atoms with Crippen LogP contribution < -0.4 is 5.32 Å². The molecule has 0 aromatic rings. The van der Waals surface area contributed by atoms with Crippen molar-refractivity contribution in [2.45, 2.75) is 46.2 Å². The van der Waals surface area contributed by atoms with Gasteiger partial charge in [-0.3, -0.25) is 0 Å². The highest BCUT2D eigenvalue weighted by molar-refractivity contribution is 7.89. The molecule has 0 rings (SSSR count). The maximum Gasteiger partial charge on any atom is 0.215 e. The summed E-state index contributed by atoms with van der Waals surface area (Å²) in [5, 5.41) is 3.13. The predicted octanol–water partition coefficient (Wildman–Crippen LogP) is 1.06. The van der Waals surface area contributed by atoms with Crippen LogP contribution in [0.2, 0.25) is 0 Å². The lowest BCUT2D eigenvalue weighted by molar-refractivity contribution is 0.167. The van der Waals surface area contributed by atoms with E-state index in [1.54, 1.807) is 11.4 Å². The van der Waals surface area contributed by atoms with Gasteiger partial charge in [0, 0.05) is 32.3 Å². The maximum absolute atomic E-state index is 12.2. The first kappa shape index (κ1) is 17.8. The van der Waals surface area contributed by atoms with E-state index in [1.807, 2.05) is 27.7 Å². The van der Waals surface area contributed by atoms with E-state index in [2.05, 4.69) is 5.32 Å². The van der Waals surface area contributed by atoms with E-state index in [9.17, 15) is 8.42 Å². The molecular weight excluding hydrogens is 252 g/mol. The SMILES string of the molecule is CCC(C)N(CCOC)S(=O)(=O)CCNC(C)C. The molecule has 0 aliphatic carbocycles. The molecule has 5 nitrogen and oxygen atoms in total. The van der Waals surface area contributed by atoms with Crippen molar-refractivity contribution >= 4 is 10.0 Å². The summed E-state index contributed by atoms with van der Waals surface area (Å²) in [6.45, 7) is 9.28. The fraction of sp³-hybridized carbons (Fsp3) is 1.00. The first-order valence-corrected chi connectivity index (χ1v) is 8.17. The molecule has 1 unspecified atom stereocenters. The standard InChI is InChI=1S/C12H28N2O3S/c1-6-12(4)14(8-9-17-5)18(15,16)10-7-13-11(2)3/h11-13H,6-10H2,1-5H3. The molecular formula is C12H28N2O3S. The fourth-order valence-corrected chi connectivity index (χ4v) is 3.27. The zero-order chi connectivity index (χ0) is 14.2. The van der Waals surface area contributed by atoms with E-state index in [-0.39, 0.29) is 11.8 Å². The summed E-state index contributed by atoms with van der Waals surface area (Å²) in [4.78, 5) is 0. The van der Waals surface area contributed by atoms with Crippen LogP contribution in [-0.2, 0) is 14.8 Å². The highest BCUT2D eigenvalue weighted by atomic mass is 32.2. The lowest BCUT2D eigenvalue weighted by Gasteiger charge is -2.27. The van der Waals surface area contributed by atoms with Gasteiger partial charge in [-0.05, 0) is 13.3 Å². The second-order valence-corrected chi connectivity index (χ2v) is 6.83. The minimum absolute atomic E-state index is 0.0178. The Morgan fingerprint density at radius 2 is 1.89 bits per heavy atom. The van der Waals surface area contributed by atoms with Crippen LogP contribution in [0.3, 0.4) is 0 Å². The lowest BCUT2D eigenvalue weighted by atomic mass is 10.3. The minimum atomic E-state index is -3.21. The summed E-state index contributed by atoms with van der Waals surface area (Å²) in [5.74, 6) is 0.138. The number of nitrogens with one attached hydrogen (secondary N) is 1. The van der Waals surface area contributed by atoms with Gasteiger partial charge in [-0.2, -0.15) is 4.31 Å². The van der Waals surface area contributed by atoms with Crippen LogP contribution in [0.1, 0.15) is 34.1 Å². The molecule has 110 valence electrons. The van der Waals surface area contributed by atoms with Gasteiger partial charge >= 0.3 is 0 Å². The molecule has 1 atom stereocenters. The third-order valence-corrected chi connectivity index (χ3v) is 4.85. The number of methoxy groups -OCH3 is 1. The zero-order valence-corrected chi connectivity index (χ0v) is 13.1. The number of hydrogen-bond acceptors (Lipinski definition) is 4. The van der Waals surface area contributed by atoms with Crippen molar-refractivity contribution in [2.75, 3.05) is 32.6 Å². The van der Waals surface area contributed by atoms with Gasteiger partial charge in [0.25, 0.3) is 0 Å². The Balaban J connectivity index is 4.54.